The highest BCUT2D eigenvalue weighted by Crippen LogP contribution is 2.14. The molecule has 9 heteroatoms. The first kappa shape index (κ1) is 16.5. The van der Waals surface area contributed by atoms with Crippen LogP contribution in [0.25, 0.3) is 5.65 Å². The second-order valence-electron chi connectivity index (χ2n) is 5.17. The van der Waals surface area contributed by atoms with Crippen LogP contribution in [0, 0.1) is 5.92 Å². The van der Waals surface area contributed by atoms with Gasteiger partial charge in [-0.1, -0.05) is 20.3 Å². The first-order valence-corrected chi connectivity index (χ1v) is 7.16. The fourth-order valence-corrected chi connectivity index (χ4v) is 1.88. The van der Waals surface area contributed by atoms with Gasteiger partial charge < -0.3 is 15.2 Å². The molecule has 3 N–H and O–H groups in total. The Morgan fingerprint density at radius 2 is 2.26 bits per heavy atom. The summed E-state index contributed by atoms with van der Waals surface area (Å²) in [5.41, 5.74) is -0.734. The predicted molar refractivity (Wildman–Crippen MR) is 80.7 cm³/mol. The van der Waals surface area contributed by atoms with Crippen molar-refractivity contribution in [3.63, 3.8) is 0 Å². The minimum atomic E-state index is -1.20. The number of hydrogen-bond donors (Lipinski definition) is 3. The first-order valence-electron chi connectivity index (χ1n) is 7.16. The Labute approximate surface area is 131 Å². The van der Waals surface area contributed by atoms with Crippen LogP contribution < -0.4 is 15.5 Å². The molecule has 0 saturated carbocycles. The molecule has 2 rings (SSSR count). The Balaban J connectivity index is 2.36. The molecule has 23 heavy (non-hydrogen) atoms. The van der Waals surface area contributed by atoms with Crippen molar-refractivity contribution in [3.8, 4) is 5.88 Å². The van der Waals surface area contributed by atoms with Crippen molar-refractivity contribution < 1.29 is 19.4 Å². The molecule has 0 aliphatic heterocycles. The summed E-state index contributed by atoms with van der Waals surface area (Å²) in [5, 5.41) is 13.5. The van der Waals surface area contributed by atoms with Gasteiger partial charge in [0.25, 0.3) is 5.91 Å². The topological polar surface area (TPSA) is 126 Å². The van der Waals surface area contributed by atoms with E-state index in [0.717, 1.165) is 6.42 Å². The molecule has 2 heterocycles. The van der Waals surface area contributed by atoms with Crippen LogP contribution in [0.5, 0.6) is 5.88 Å². The third-order valence-electron chi connectivity index (χ3n) is 3.37. The van der Waals surface area contributed by atoms with E-state index in [-0.39, 0.29) is 17.1 Å². The lowest BCUT2D eigenvalue weighted by Gasteiger charge is -2.12. The van der Waals surface area contributed by atoms with Gasteiger partial charge in [0.05, 0.1) is 6.61 Å². The number of hydrogen-bond acceptors (Lipinski definition) is 5. The summed E-state index contributed by atoms with van der Waals surface area (Å²) in [6, 6.07) is 1.18. The highest BCUT2D eigenvalue weighted by Gasteiger charge is 2.20. The van der Waals surface area contributed by atoms with E-state index in [1.54, 1.807) is 0 Å². The Kier molecular flexibility index (Phi) is 4.99. The molecular weight excluding hydrogens is 304 g/mol. The van der Waals surface area contributed by atoms with E-state index < -0.39 is 23.9 Å². The maximum atomic E-state index is 12.2. The Morgan fingerprint density at radius 3 is 2.91 bits per heavy atom. The van der Waals surface area contributed by atoms with Crippen molar-refractivity contribution in [2.45, 2.75) is 20.3 Å². The quantitative estimate of drug-likeness (QED) is 0.671. The molecule has 0 spiro atoms. The van der Waals surface area contributed by atoms with Gasteiger partial charge in [0.1, 0.15) is 18.4 Å². The van der Waals surface area contributed by atoms with Crippen LogP contribution in [-0.4, -0.2) is 44.7 Å². The van der Waals surface area contributed by atoms with Crippen molar-refractivity contribution in [1.82, 2.24) is 19.9 Å². The van der Waals surface area contributed by atoms with Crippen molar-refractivity contribution in [2.24, 2.45) is 5.92 Å². The predicted octanol–water partition coefficient (Wildman–Crippen LogP) is 0.262. The number of nitrogens with zero attached hydrogens (tertiary/aromatic N) is 2. The van der Waals surface area contributed by atoms with Crippen molar-refractivity contribution in [3.05, 3.63) is 28.2 Å². The lowest BCUT2D eigenvalue weighted by Crippen LogP contribution is -2.33. The number of carboxylic acid groups (broad SMARTS) is 1. The summed E-state index contributed by atoms with van der Waals surface area (Å²) in [4.78, 5) is 38.7. The number of aliphatic carboxylic acids is 1. The lowest BCUT2D eigenvalue weighted by molar-refractivity contribution is -0.135. The number of carbonyl (C=O) groups is 2. The van der Waals surface area contributed by atoms with Gasteiger partial charge in [-0.15, -0.1) is 0 Å². The molecule has 1 atom stereocenters. The van der Waals surface area contributed by atoms with Crippen molar-refractivity contribution in [1.29, 1.82) is 0 Å². The molecule has 0 aromatic carbocycles. The number of amides is 1. The van der Waals surface area contributed by atoms with Gasteiger partial charge in [-0.25, -0.2) is 9.50 Å². The molecule has 0 radical (unpaired) electrons. The van der Waals surface area contributed by atoms with Crippen LogP contribution in [-0.2, 0) is 4.79 Å². The number of fused-ring (bicyclic) bond motifs is 1. The van der Waals surface area contributed by atoms with Crippen LogP contribution in [0.3, 0.4) is 0 Å². The molecule has 2 aromatic heterocycles. The van der Waals surface area contributed by atoms with Crippen LogP contribution in [0.15, 0.2) is 17.2 Å². The SMILES string of the molecule is CC[C@H](C)COc1cc(=O)c(C(=O)NCC(=O)O)c2nc[nH]n12. The molecular formula is C14H18N4O5. The number of nitrogens with one attached hydrogen (secondary N) is 2. The second-order valence-corrected chi connectivity index (χ2v) is 5.17. The normalized spacial score (nSPS) is 12.1. The van der Waals surface area contributed by atoms with E-state index in [0.29, 0.717) is 12.5 Å². The number of carboxylic acids is 1. The average molecular weight is 322 g/mol. The van der Waals surface area contributed by atoms with E-state index in [4.69, 9.17) is 9.84 Å². The number of aromatic nitrogens is 3. The van der Waals surface area contributed by atoms with Crippen LogP contribution in [0.2, 0.25) is 0 Å². The summed E-state index contributed by atoms with van der Waals surface area (Å²) in [6.07, 6.45) is 2.25. The number of aromatic amines is 1. The molecule has 0 bridgehead atoms. The zero-order chi connectivity index (χ0) is 17.0. The van der Waals surface area contributed by atoms with Gasteiger partial charge in [-0.2, -0.15) is 0 Å². The number of H-pyrrole nitrogens is 1. The molecule has 0 fully saturated rings. The zero-order valence-electron chi connectivity index (χ0n) is 12.8. The van der Waals surface area contributed by atoms with Crippen LogP contribution in [0.1, 0.15) is 30.6 Å². The van der Waals surface area contributed by atoms with Crippen LogP contribution >= 0.6 is 0 Å². The van der Waals surface area contributed by atoms with Crippen molar-refractivity contribution in [2.75, 3.05) is 13.2 Å². The largest absolute Gasteiger partial charge is 0.480 e. The Morgan fingerprint density at radius 1 is 1.52 bits per heavy atom. The maximum Gasteiger partial charge on any atom is 0.322 e. The van der Waals surface area contributed by atoms with E-state index >= 15 is 0 Å². The first-order chi connectivity index (χ1) is 10.9. The second kappa shape index (κ2) is 6.95. The lowest BCUT2D eigenvalue weighted by atomic mass is 10.1. The summed E-state index contributed by atoms with van der Waals surface area (Å²) in [5.74, 6) is -1.44. The molecule has 0 saturated heterocycles. The monoisotopic (exact) mass is 322 g/mol. The van der Waals surface area contributed by atoms with E-state index in [1.165, 1.54) is 16.9 Å². The Hall–Kier alpha value is -2.84. The van der Waals surface area contributed by atoms with Gasteiger partial charge in [-0.05, 0) is 5.92 Å². The zero-order valence-corrected chi connectivity index (χ0v) is 12.8. The van der Waals surface area contributed by atoms with Crippen molar-refractivity contribution >= 4 is 17.5 Å². The van der Waals surface area contributed by atoms with E-state index in [1.807, 2.05) is 13.8 Å². The maximum absolute atomic E-state index is 12.2. The van der Waals surface area contributed by atoms with Gasteiger partial charge >= 0.3 is 5.97 Å². The van der Waals surface area contributed by atoms with Gasteiger partial charge in [0.15, 0.2) is 5.65 Å². The van der Waals surface area contributed by atoms with Crippen LogP contribution in [0.4, 0.5) is 0 Å². The highest BCUT2D eigenvalue weighted by atomic mass is 16.5. The molecule has 9 nitrogen and oxygen atoms in total. The standard InChI is InChI=1S/C14H18N4O5/c1-3-8(2)6-23-10-4-9(19)12(13-16-7-17-18(10)13)14(22)15-5-11(20)21/h4,7-8H,3,5-6H2,1-2H3,(H,15,22)(H,16,17)(H,20,21)/t8-/m0/s1. The minimum Gasteiger partial charge on any atom is -0.480 e. The molecule has 0 aliphatic rings. The van der Waals surface area contributed by atoms with Gasteiger partial charge in [0.2, 0.25) is 11.3 Å². The molecule has 0 aliphatic carbocycles. The van der Waals surface area contributed by atoms with E-state index in [9.17, 15) is 14.4 Å². The fraction of sp³-hybridized carbons (Fsp3) is 0.429. The number of pyridine rings is 1. The number of rotatable bonds is 7. The Bertz CT molecular complexity index is 779. The third-order valence-corrected chi connectivity index (χ3v) is 3.37. The fourth-order valence-electron chi connectivity index (χ4n) is 1.88. The smallest absolute Gasteiger partial charge is 0.322 e. The third kappa shape index (κ3) is 3.68. The molecule has 1 amide bonds. The molecule has 2 aromatic rings. The average Bonchev–Trinajstić information content (AvgIpc) is 2.99. The summed E-state index contributed by atoms with van der Waals surface area (Å²) >= 11 is 0. The number of ether oxygens (including phenoxy) is 1. The summed E-state index contributed by atoms with van der Waals surface area (Å²) in [6.45, 7) is 3.88. The molecule has 124 valence electrons. The highest BCUT2D eigenvalue weighted by molar-refractivity contribution is 6.00. The molecule has 0 unspecified atom stereocenters. The number of carbonyl (C=O) groups excluding carboxylic acids is 1. The minimum absolute atomic E-state index is 0.0829. The summed E-state index contributed by atoms with van der Waals surface area (Å²) in [7, 11) is 0. The summed E-state index contributed by atoms with van der Waals surface area (Å²) < 4.78 is 6.98. The van der Waals surface area contributed by atoms with Gasteiger partial charge in [-0.3, -0.25) is 19.5 Å². The van der Waals surface area contributed by atoms with E-state index in [2.05, 4.69) is 15.4 Å². The van der Waals surface area contributed by atoms with Gasteiger partial charge in [0, 0.05) is 6.07 Å².